The standard InChI is InChI=1S/C21H17BrClNO2/c22-14-5-2-7-16(11-14)24-18-8-3-9-19(25)21(18)17(12-20(24)26)13-4-1-6-15(23)10-13/h1-2,4-7,10-11,17H,3,8-9,12H2. The van der Waals surface area contributed by atoms with Gasteiger partial charge in [-0.1, -0.05) is 45.7 Å². The molecular formula is C21H17BrClNO2. The fourth-order valence-corrected chi connectivity index (χ4v) is 4.50. The Hall–Kier alpha value is -1.91. The monoisotopic (exact) mass is 429 g/mol. The van der Waals surface area contributed by atoms with Crippen LogP contribution in [0.3, 0.4) is 0 Å². The molecule has 0 aromatic heterocycles. The smallest absolute Gasteiger partial charge is 0.232 e. The number of halogens is 2. The Kier molecular flexibility index (Phi) is 4.72. The van der Waals surface area contributed by atoms with Crippen LogP contribution in [0.2, 0.25) is 5.02 Å². The summed E-state index contributed by atoms with van der Waals surface area (Å²) in [5, 5.41) is 0.620. The van der Waals surface area contributed by atoms with Gasteiger partial charge in [0.05, 0.1) is 0 Å². The maximum atomic E-state index is 13.1. The topological polar surface area (TPSA) is 37.4 Å². The normalized spacial score (nSPS) is 20.4. The number of nitrogens with zero attached hydrogens (tertiary/aromatic N) is 1. The van der Waals surface area contributed by atoms with Crippen molar-refractivity contribution in [3.63, 3.8) is 0 Å². The van der Waals surface area contributed by atoms with Crippen LogP contribution in [0.25, 0.3) is 0 Å². The molecule has 0 bridgehead atoms. The van der Waals surface area contributed by atoms with Crippen LogP contribution in [-0.2, 0) is 9.59 Å². The van der Waals surface area contributed by atoms with E-state index in [2.05, 4.69) is 15.9 Å². The van der Waals surface area contributed by atoms with Gasteiger partial charge >= 0.3 is 0 Å². The van der Waals surface area contributed by atoms with E-state index in [9.17, 15) is 9.59 Å². The fraction of sp³-hybridized carbons (Fsp3) is 0.238. The number of rotatable bonds is 2. The van der Waals surface area contributed by atoms with Crippen molar-refractivity contribution in [2.75, 3.05) is 4.90 Å². The van der Waals surface area contributed by atoms with Gasteiger partial charge in [0.2, 0.25) is 5.91 Å². The molecule has 2 aliphatic rings. The Labute approximate surface area is 165 Å². The van der Waals surface area contributed by atoms with Crippen LogP contribution in [0, 0.1) is 0 Å². The second kappa shape index (κ2) is 7.01. The van der Waals surface area contributed by atoms with Crippen molar-refractivity contribution >= 4 is 44.9 Å². The Balaban J connectivity index is 1.87. The molecule has 0 N–H and O–H groups in total. The highest BCUT2D eigenvalue weighted by molar-refractivity contribution is 9.10. The quantitative estimate of drug-likeness (QED) is 0.619. The summed E-state index contributed by atoms with van der Waals surface area (Å²) in [5.74, 6) is -0.0577. The van der Waals surface area contributed by atoms with Gasteiger partial charge in [0.15, 0.2) is 5.78 Å². The first kappa shape index (κ1) is 17.5. The van der Waals surface area contributed by atoms with Crippen LogP contribution in [-0.4, -0.2) is 11.7 Å². The molecule has 1 aliphatic heterocycles. The molecule has 3 nitrogen and oxygen atoms in total. The number of carbonyl (C=O) groups excluding carboxylic acids is 2. The lowest BCUT2D eigenvalue weighted by atomic mass is 9.77. The van der Waals surface area contributed by atoms with E-state index in [0.29, 0.717) is 11.4 Å². The lowest BCUT2D eigenvalue weighted by molar-refractivity contribution is -0.119. The number of carbonyl (C=O) groups is 2. The van der Waals surface area contributed by atoms with Crippen LogP contribution in [0.15, 0.2) is 64.3 Å². The predicted octanol–water partition coefficient (Wildman–Crippen LogP) is 5.63. The van der Waals surface area contributed by atoms with Crippen LogP contribution >= 0.6 is 27.5 Å². The first-order valence-corrected chi connectivity index (χ1v) is 9.82. The number of benzene rings is 2. The maximum absolute atomic E-state index is 13.1. The summed E-state index contributed by atoms with van der Waals surface area (Å²) < 4.78 is 0.907. The molecule has 1 aliphatic carbocycles. The molecular weight excluding hydrogens is 414 g/mol. The summed E-state index contributed by atoms with van der Waals surface area (Å²) in [5.41, 5.74) is 3.36. The highest BCUT2D eigenvalue weighted by Gasteiger charge is 2.39. The molecule has 2 aromatic rings. The fourth-order valence-electron chi connectivity index (χ4n) is 3.92. The molecule has 0 saturated heterocycles. The van der Waals surface area contributed by atoms with Crippen LogP contribution in [0.4, 0.5) is 5.69 Å². The molecule has 0 spiro atoms. The molecule has 26 heavy (non-hydrogen) atoms. The molecule has 0 saturated carbocycles. The molecule has 1 unspecified atom stereocenters. The number of Topliss-reactive ketones (excluding diaryl/α,β-unsaturated/α-hetero) is 1. The average molecular weight is 431 g/mol. The highest BCUT2D eigenvalue weighted by atomic mass is 79.9. The van der Waals surface area contributed by atoms with Gasteiger partial charge in [-0.3, -0.25) is 14.5 Å². The van der Waals surface area contributed by atoms with Crippen molar-refractivity contribution in [2.45, 2.75) is 31.6 Å². The molecule has 5 heteroatoms. The Morgan fingerprint density at radius 2 is 1.85 bits per heavy atom. The summed E-state index contributed by atoms with van der Waals surface area (Å²) in [6.07, 6.45) is 2.32. The van der Waals surface area contributed by atoms with Crippen molar-refractivity contribution in [3.8, 4) is 0 Å². The van der Waals surface area contributed by atoms with Crippen molar-refractivity contribution in [3.05, 3.63) is 74.9 Å². The maximum Gasteiger partial charge on any atom is 0.232 e. The molecule has 1 amide bonds. The Morgan fingerprint density at radius 1 is 1.04 bits per heavy atom. The van der Waals surface area contributed by atoms with Crippen molar-refractivity contribution < 1.29 is 9.59 Å². The first-order chi connectivity index (χ1) is 12.5. The van der Waals surface area contributed by atoms with Gasteiger partial charge < -0.3 is 0 Å². The van der Waals surface area contributed by atoms with E-state index in [1.54, 1.807) is 4.90 Å². The summed E-state index contributed by atoms with van der Waals surface area (Å²) >= 11 is 9.62. The second-order valence-corrected chi connectivity index (χ2v) is 8.01. The van der Waals surface area contributed by atoms with Crippen molar-refractivity contribution in [1.29, 1.82) is 0 Å². The third kappa shape index (κ3) is 3.12. The van der Waals surface area contributed by atoms with E-state index in [1.165, 1.54) is 0 Å². The zero-order chi connectivity index (χ0) is 18.3. The summed E-state index contributed by atoms with van der Waals surface area (Å²) in [6.45, 7) is 0. The number of ketones is 1. The Bertz CT molecular complexity index is 937. The second-order valence-electron chi connectivity index (χ2n) is 6.66. The molecule has 0 radical (unpaired) electrons. The lowest BCUT2D eigenvalue weighted by Crippen LogP contribution is -2.40. The van der Waals surface area contributed by atoms with E-state index in [1.807, 2.05) is 48.5 Å². The van der Waals surface area contributed by atoms with Crippen molar-refractivity contribution in [1.82, 2.24) is 0 Å². The third-order valence-electron chi connectivity index (χ3n) is 4.99. The largest absolute Gasteiger partial charge is 0.294 e. The number of hydrogen-bond donors (Lipinski definition) is 0. The van der Waals surface area contributed by atoms with Crippen molar-refractivity contribution in [2.24, 2.45) is 0 Å². The zero-order valence-corrected chi connectivity index (χ0v) is 16.4. The van der Waals surface area contributed by atoms with E-state index in [0.717, 1.165) is 39.8 Å². The SMILES string of the molecule is O=C1CCCC2=C1C(c1cccc(Cl)c1)CC(=O)N2c1cccc(Br)c1. The van der Waals surface area contributed by atoms with E-state index in [4.69, 9.17) is 11.6 Å². The predicted molar refractivity (Wildman–Crippen MR) is 106 cm³/mol. The summed E-state index contributed by atoms with van der Waals surface area (Å²) in [7, 11) is 0. The summed E-state index contributed by atoms with van der Waals surface area (Å²) in [6, 6.07) is 15.1. The third-order valence-corrected chi connectivity index (χ3v) is 5.72. The van der Waals surface area contributed by atoms with E-state index >= 15 is 0 Å². The minimum absolute atomic E-state index is 0.0153. The average Bonchev–Trinajstić information content (AvgIpc) is 2.61. The lowest BCUT2D eigenvalue weighted by Gasteiger charge is -2.38. The molecule has 2 aromatic carbocycles. The zero-order valence-electron chi connectivity index (χ0n) is 14.0. The number of amides is 1. The molecule has 0 fully saturated rings. The molecule has 4 rings (SSSR count). The van der Waals surface area contributed by atoms with Gasteiger partial charge in [0.1, 0.15) is 0 Å². The van der Waals surface area contributed by atoms with Gasteiger partial charge in [-0.05, 0) is 48.7 Å². The van der Waals surface area contributed by atoms with Crippen LogP contribution in [0.5, 0.6) is 0 Å². The van der Waals surface area contributed by atoms with Gasteiger partial charge in [-0.2, -0.15) is 0 Å². The highest BCUT2D eigenvalue weighted by Crippen LogP contribution is 2.43. The minimum Gasteiger partial charge on any atom is -0.294 e. The number of allylic oxidation sites excluding steroid dienone is 2. The van der Waals surface area contributed by atoms with Gasteiger partial charge in [-0.15, -0.1) is 0 Å². The minimum atomic E-state index is -0.215. The molecule has 132 valence electrons. The van der Waals surface area contributed by atoms with Gasteiger partial charge in [0, 0.05) is 45.2 Å². The van der Waals surface area contributed by atoms with Gasteiger partial charge in [-0.25, -0.2) is 0 Å². The first-order valence-electron chi connectivity index (χ1n) is 8.65. The van der Waals surface area contributed by atoms with Crippen LogP contribution in [0.1, 0.15) is 37.2 Å². The Morgan fingerprint density at radius 3 is 2.62 bits per heavy atom. The molecule has 1 heterocycles. The van der Waals surface area contributed by atoms with E-state index in [-0.39, 0.29) is 24.0 Å². The summed E-state index contributed by atoms with van der Waals surface area (Å²) in [4.78, 5) is 27.6. The molecule has 1 atom stereocenters. The van der Waals surface area contributed by atoms with Crippen LogP contribution < -0.4 is 4.90 Å². The number of hydrogen-bond acceptors (Lipinski definition) is 2. The number of anilines is 1. The van der Waals surface area contributed by atoms with Gasteiger partial charge in [0.25, 0.3) is 0 Å². The van der Waals surface area contributed by atoms with E-state index < -0.39 is 0 Å².